The molecule has 1 aliphatic heterocycles. The number of benzene rings is 3. The number of fused-ring (bicyclic) bond motifs is 1. The number of ether oxygens (including phenoxy) is 1. The van der Waals surface area contributed by atoms with E-state index in [1.165, 1.54) is 0 Å². The Labute approximate surface area is 145 Å². The minimum Gasteiger partial charge on any atom is -0.438 e. The number of halogens is 1. The first-order valence-corrected chi connectivity index (χ1v) is 8.06. The third-order valence-electron chi connectivity index (χ3n) is 3.78. The molecule has 4 rings (SSSR count). The van der Waals surface area contributed by atoms with Crippen LogP contribution in [0.4, 0.5) is 5.69 Å². The zero-order valence-corrected chi connectivity index (χ0v) is 13.6. The third kappa shape index (κ3) is 2.97. The molecule has 0 atom stereocenters. The first kappa shape index (κ1) is 14.7. The lowest BCUT2D eigenvalue weighted by Gasteiger charge is -2.01. The average Bonchev–Trinajstić information content (AvgIpc) is 2.96. The Morgan fingerprint density at radius 2 is 1.42 bits per heavy atom. The topological polar surface area (TPSA) is 21.6 Å². The first-order valence-electron chi connectivity index (χ1n) is 7.68. The van der Waals surface area contributed by atoms with E-state index in [0.29, 0.717) is 5.90 Å². The van der Waals surface area contributed by atoms with Gasteiger partial charge in [-0.25, -0.2) is 4.99 Å². The summed E-state index contributed by atoms with van der Waals surface area (Å²) in [6, 6.07) is 25.6. The van der Waals surface area contributed by atoms with Crippen molar-refractivity contribution in [3.63, 3.8) is 0 Å². The van der Waals surface area contributed by atoms with Gasteiger partial charge in [-0.3, -0.25) is 0 Å². The van der Waals surface area contributed by atoms with Gasteiger partial charge in [-0.2, -0.15) is 0 Å². The second-order valence-electron chi connectivity index (χ2n) is 5.46. The van der Waals surface area contributed by atoms with E-state index in [1.54, 1.807) is 0 Å². The predicted octanol–water partition coefficient (Wildman–Crippen LogP) is 5.95. The van der Waals surface area contributed by atoms with Crippen LogP contribution in [0.15, 0.2) is 83.9 Å². The average molecular weight is 332 g/mol. The van der Waals surface area contributed by atoms with Gasteiger partial charge in [0.15, 0.2) is 0 Å². The standard InChI is InChI=1S/C21H14ClNO/c22-16-12-10-15(11-13-16)14-20-18-8-4-5-9-19(18)21(24-20)23-17-6-2-1-3-7-17/h1-14H/b20-14-,23-21-. The van der Waals surface area contributed by atoms with Gasteiger partial charge in [-0.1, -0.05) is 60.1 Å². The quantitative estimate of drug-likeness (QED) is 0.569. The van der Waals surface area contributed by atoms with Crippen LogP contribution in [-0.4, -0.2) is 5.90 Å². The molecule has 24 heavy (non-hydrogen) atoms. The van der Waals surface area contributed by atoms with Crippen LogP contribution >= 0.6 is 11.6 Å². The second-order valence-corrected chi connectivity index (χ2v) is 5.90. The number of hydrogen-bond acceptors (Lipinski definition) is 2. The monoisotopic (exact) mass is 331 g/mol. The van der Waals surface area contributed by atoms with Crippen LogP contribution in [0, 0.1) is 0 Å². The highest BCUT2D eigenvalue weighted by molar-refractivity contribution is 6.30. The van der Waals surface area contributed by atoms with E-state index in [2.05, 4.69) is 4.99 Å². The number of aliphatic imine (C=N–C) groups is 1. The van der Waals surface area contributed by atoms with E-state index in [-0.39, 0.29) is 0 Å². The van der Waals surface area contributed by atoms with Gasteiger partial charge in [0, 0.05) is 16.1 Å². The summed E-state index contributed by atoms with van der Waals surface area (Å²) in [5.41, 5.74) is 3.95. The number of hydrogen-bond donors (Lipinski definition) is 0. The zero-order valence-electron chi connectivity index (χ0n) is 12.8. The Morgan fingerprint density at radius 3 is 2.17 bits per heavy atom. The molecular weight excluding hydrogens is 318 g/mol. The van der Waals surface area contributed by atoms with Gasteiger partial charge in [-0.05, 0) is 42.0 Å². The first-order chi connectivity index (χ1) is 11.8. The smallest absolute Gasteiger partial charge is 0.227 e. The molecule has 116 valence electrons. The van der Waals surface area contributed by atoms with Crippen LogP contribution < -0.4 is 0 Å². The molecule has 1 aliphatic rings. The molecule has 0 spiro atoms. The maximum atomic E-state index is 6.05. The largest absolute Gasteiger partial charge is 0.438 e. The molecule has 1 heterocycles. The van der Waals surface area contributed by atoms with Crippen molar-refractivity contribution < 1.29 is 4.74 Å². The van der Waals surface area contributed by atoms with Crippen LogP contribution in [0.2, 0.25) is 5.02 Å². The number of nitrogens with zero attached hydrogens (tertiary/aromatic N) is 1. The Kier molecular flexibility index (Phi) is 3.89. The van der Waals surface area contributed by atoms with Crippen LogP contribution in [0.1, 0.15) is 16.7 Å². The van der Waals surface area contributed by atoms with E-state index >= 15 is 0 Å². The molecule has 3 heteroatoms. The lowest BCUT2D eigenvalue weighted by Crippen LogP contribution is -1.95. The summed E-state index contributed by atoms with van der Waals surface area (Å²) < 4.78 is 6.05. The molecule has 0 saturated heterocycles. The molecule has 0 N–H and O–H groups in total. The Balaban J connectivity index is 1.76. The fourth-order valence-electron chi connectivity index (χ4n) is 2.62. The molecule has 0 aromatic heterocycles. The summed E-state index contributed by atoms with van der Waals surface area (Å²) in [5.74, 6) is 1.42. The fourth-order valence-corrected chi connectivity index (χ4v) is 2.74. The Bertz CT molecular complexity index is 928. The minimum atomic E-state index is 0.622. The van der Waals surface area contributed by atoms with Crippen LogP contribution in [-0.2, 0) is 4.74 Å². The van der Waals surface area contributed by atoms with Crippen LogP contribution in [0.3, 0.4) is 0 Å². The van der Waals surface area contributed by atoms with Gasteiger partial charge in [0.25, 0.3) is 0 Å². The van der Waals surface area contributed by atoms with Crippen molar-refractivity contribution in [1.29, 1.82) is 0 Å². The molecule has 0 bridgehead atoms. The van der Waals surface area contributed by atoms with Crippen molar-refractivity contribution in [3.05, 3.63) is 101 Å². The van der Waals surface area contributed by atoms with Crippen molar-refractivity contribution >= 4 is 35.0 Å². The highest BCUT2D eigenvalue weighted by Crippen LogP contribution is 2.33. The lowest BCUT2D eigenvalue weighted by atomic mass is 10.1. The lowest BCUT2D eigenvalue weighted by molar-refractivity contribution is 0.529. The summed E-state index contributed by atoms with van der Waals surface area (Å²) in [5, 5.41) is 0.719. The van der Waals surface area contributed by atoms with Gasteiger partial charge >= 0.3 is 0 Å². The van der Waals surface area contributed by atoms with Crippen molar-refractivity contribution in [3.8, 4) is 0 Å². The van der Waals surface area contributed by atoms with Crippen molar-refractivity contribution in [2.24, 2.45) is 4.99 Å². The maximum absolute atomic E-state index is 6.05. The van der Waals surface area contributed by atoms with Crippen molar-refractivity contribution in [2.75, 3.05) is 0 Å². The van der Waals surface area contributed by atoms with Gasteiger partial charge in [-0.15, -0.1) is 0 Å². The summed E-state index contributed by atoms with van der Waals surface area (Å²) >= 11 is 5.95. The third-order valence-corrected chi connectivity index (χ3v) is 4.04. The zero-order chi connectivity index (χ0) is 16.4. The van der Waals surface area contributed by atoms with Gasteiger partial charge in [0.05, 0.1) is 5.69 Å². The van der Waals surface area contributed by atoms with E-state index < -0.39 is 0 Å². The molecule has 0 amide bonds. The summed E-state index contributed by atoms with van der Waals surface area (Å²) in [4.78, 5) is 4.64. The van der Waals surface area contributed by atoms with Crippen molar-refractivity contribution in [1.82, 2.24) is 0 Å². The summed E-state index contributed by atoms with van der Waals surface area (Å²) in [7, 11) is 0. The van der Waals surface area contributed by atoms with E-state index in [0.717, 1.165) is 33.2 Å². The van der Waals surface area contributed by atoms with Crippen molar-refractivity contribution in [2.45, 2.75) is 0 Å². The highest BCUT2D eigenvalue weighted by atomic mass is 35.5. The van der Waals surface area contributed by atoms with Gasteiger partial charge in [0.1, 0.15) is 5.76 Å². The number of para-hydroxylation sites is 1. The number of rotatable bonds is 2. The Hall–Kier alpha value is -2.84. The van der Waals surface area contributed by atoms with E-state index in [9.17, 15) is 0 Å². The molecule has 3 aromatic rings. The maximum Gasteiger partial charge on any atom is 0.227 e. The fraction of sp³-hybridized carbons (Fsp3) is 0. The second kappa shape index (κ2) is 6.34. The molecule has 0 radical (unpaired) electrons. The normalized spacial score (nSPS) is 16.2. The van der Waals surface area contributed by atoms with E-state index in [1.807, 2.05) is 84.9 Å². The van der Waals surface area contributed by atoms with Gasteiger partial charge < -0.3 is 4.74 Å². The van der Waals surface area contributed by atoms with Crippen LogP contribution in [0.5, 0.6) is 0 Å². The SMILES string of the molecule is Clc1ccc(/C=C2\O/C(=N\c3ccccc3)c3ccccc32)cc1. The minimum absolute atomic E-state index is 0.622. The molecule has 0 aliphatic carbocycles. The summed E-state index contributed by atoms with van der Waals surface area (Å²) in [6.07, 6.45) is 2.00. The van der Waals surface area contributed by atoms with Crippen LogP contribution in [0.25, 0.3) is 11.8 Å². The molecule has 0 fully saturated rings. The molecule has 2 nitrogen and oxygen atoms in total. The Morgan fingerprint density at radius 1 is 0.750 bits per heavy atom. The molecular formula is C21H14ClNO. The molecule has 3 aromatic carbocycles. The predicted molar refractivity (Wildman–Crippen MR) is 99.5 cm³/mol. The van der Waals surface area contributed by atoms with E-state index in [4.69, 9.17) is 16.3 Å². The van der Waals surface area contributed by atoms with Gasteiger partial charge in [0.2, 0.25) is 5.90 Å². The molecule has 0 unspecified atom stereocenters. The molecule has 0 saturated carbocycles. The summed E-state index contributed by atoms with van der Waals surface area (Å²) in [6.45, 7) is 0. The highest BCUT2D eigenvalue weighted by Gasteiger charge is 2.24.